The van der Waals surface area contributed by atoms with Gasteiger partial charge in [-0.2, -0.15) is 13.2 Å². The Morgan fingerprint density at radius 1 is 1.12 bits per heavy atom. The number of amides is 2. The molecule has 2 aromatic rings. The molecule has 9 heteroatoms. The molecular weight excluding hydrogens is 467 g/mol. The number of hydrogen-bond donors (Lipinski definition) is 1. The highest BCUT2D eigenvalue weighted by Crippen LogP contribution is 2.38. The van der Waals surface area contributed by atoms with Gasteiger partial charge >= 0.3 is 6.18 Å². The molecular formula is C25H27ClF3N3O2. The predicted molar refractivity (Wildman–Crippen MR) is 126 cm³/mol. The molecule has 0 aliphatic carbocycles. The molecule has 2 aliphatic rings. The van der Waals surface area contributed by atoms with E-state index in [-0.39, 0.29) is 11.8 Å². The number of carbonyl (C=O) groups is 2. The highest BCUT2D eigenvalue weighted by atomic mass is 35.5. The van der Waals surface area contributed by atoms with E-state index >= 15 is 0 Å². The first-order chi connectivity index (χ1) is 16.1. The minimum Gasteiger partial charge on any atom is -0.369 e. The summed E-state index contributed by atoms with van der Waals surface area (Å²) in [5, 5.41) is 3.45. The number of hydrogen-bond acceptors (Lipinski definition) is 3. The Morgan fingerprint density at radius 3 is 2.53 bits per heavy atom. The number of benzene rings is 2. The second-order valence-electron chi connectivity index (χ2n) is 8.86. The number of halogens is 4. The summed E-state index contributed by atoms with van der Waals surface area (Å²) in [5.74, 6) is -0.307. The average molecular weight is 494 g/mol. The van der Waals surface area contributed by atoms with Crippen LogP contribution in [0.4, 0.5) is 24.5 Å². The Kier molecular flexibility index (Phi) is 7.07. The molecule has 4 rings (SSSR count). The Bertz CT molecular complexity index is 1070. The number of carbonyl (C=O) groups excluding carboxylic acids is 2. The lowest BCUT2D eigenvalue weighted by Gasteiger charge is -2.34. The van der Waals surface area contributed by atoms with E-state index in [2.05, 4.69) is 10.2 Å². The largest absolute Gasteiger partial charge is 0.416 e. The minimum absolute atomic E-state index is 0.101. The van der Waals surface area contributed by atoms with E-state index in [0.717, 1.165) is 54.8 Å². The number of likely N-dealkylation sites (tertiary alicyclic amines) is 1. The zero-order valence-corrected chi connectivity index (χ0v) is 19.7. The van der Waals surface area contributed by atoms with Gasteiger partial charge in [0.15, 0.2) is 0 Å². The number of alkyl halides is 3. The Hall–Kier alpha value is -2.74. The van der Waals surface area contributed by atoms with E-state index in [4.69, 9.17) is 11.6 Å². The molecule has 0 spiro atoms. The van der Waals surface area contributed by atoms with Gasteiger partial charge in [-0.05, 0) is 67.5 Å². The molecule has 5 nitrogen and oxygen atoms in total. The third-order valence-electron chi connectivity index (χ3n) is 6.54. The zero-order chi connectivity index (χ0) is 24.5. The van der Waals surface area contributed by atoms with Crippen molar-refractivity contribution >= 4 is 34.8 Å². The van der Waals surface area contributed by atoms with E-state index in [9.17, 15) is 22.8 Å². The van der Waals surface area contributed by atoms with Crippen LogP contribution in [0.25, 0.3) is 0 Å². The van der Waals surface area contributed by atoms with Crippen LogP contribution >= 0.6 is 11.6 Å². The molecule has 182 valence electrons. The Labute approximate surface area is 201 Å². The first-order valence-corrected chi connectivity index (χ1v) is 11.8. The van der Waals surface area contributed by atoms with Gasteiger partial charge in [0.05, 0.1) is 16.3 Å². The molecule has 0 bridgehead atoms. The number of rotatable bonds is 5. The van der Waals surface area contributed by atoms with Crippen molar-refractivity contribution in [1.82, 2.24) is 4.90 Å². The third kappa shape index (κ3) is 5.32. The quantitative estimate of drug-likeness (QED) is 0.614. The van der Waals surface area contributed by atoms with E-state index in [1.54, 1.807) is 11.0 Å². The normalized spacial score (nSPS) is 18.1. The molecule has 0 aromatic heterocycles. The maximum atomic E-state index is 12.9. The van der Waals surface area contributed by atoms with Gasteiger partial charge in [-0.1, -0.05) is 23.7 Å². The lowest BCUT2D eigenvalue weighted by Crippen LogP contribution is -2.49. The smallest absolute Gasteiger partial charge is 0.369 e. The monoisotopic (exact) mass is 493 g/mol. The maximum Gasteiger partial charge on any atom is 0.416 e. The molecule has 2 aromatic carbocycles. The van der Waals surface area contributed by atoms with Crippen molar-refractivity contribution in [2.24, 2.45) is 0 Å². The number of nitrogens with zero attached hydrogens (tertiary/aromatic N) is 2. The summed E-state index contributed by atoms with van der Waals surface area (Å²) in [5.41, 5.74) is 2.69. The molecule has 1 N–H and O–H groups in total. The fraction of sp³-hybridized carbons (Fsp3) is 0.440. The maximum absolute atomic E-state index is 12.9. The molecule has 1 unspecified atom stereocenters. The van der Waals surface area contributed by atoms with Crippen molar-refractivity contribution in [3.8, 4) is 0 Å². The van der Waals surface area contributed by atoms with Crippen molar-refractivity contribution < 1.29 is 22.8 Å². The summed E-state index contributed by atoms with van der Waals surface area (Å²) in [6.07, 6.45) is -0.545. The predicted octanol–water partition coefficient (Wildman–Crippen LogP) is 5.30. The fourth-order valence-corrected chi connectivity index (χ4v) is 5.15. The molecule has 1 atom stereocenters. The minimum atomic E-state index is -4.34. The highest BCUT2D eigenvalue weighted by Gasteiger charge is 2.32. The van der Waals surface area contributed by atoms with Crippen LogP contribution in [0.15, 0.2) is 36.4 Å². The molecule has 2 amide bonds. The fourth-order valence-electron chi connectivity index (χ4n) is 4.79. The first kappa shape index (κ1) is 24.4. The summed E-state index contributed by atoms with van der Waals surface area (Å²) < 4.78 is 38.3. The molecule has 2 aliphatic heterocycles. The van der Waals surface area contributed by atoms with Crippen molar-refractivity contribution in [3.05, 3.63) is 58.1 Å². The zero-order valence-electron chi connectivity index (χ0n) is 18.9. The van der Waals surface area contributed by atoms with Gasteiger partial charge in [-0.25, -0.2) is 0 Å². The summed E-state index contributed by atoms with van der Waals surface area (Å²) in [6, 6.07) is 8.39. The SMILES string of the molecule is CC(=O)N1CCCCC1C(=O)Nc1cc(Cl)c2c(c1)CCN2CCc1ccc(C(F)(F)F)cc1. The summed E-state index contributed by atoms with van der Waals surface area (Å²) in [4.78, 5) is 28.5. The van der Waals surface area contributed by atoms with Gasteiger partial charge in [0.2, 0.25) is 11.8 Å². The second-order valence-corrected chi connectivity index (χ2v) is 9.27. The van der Waals surface area contributed by atoms with Crippen LogP contribution in [0, 0.1) is 0 Å². The third-order valence-corrected chi connectivity index (χ3v) is 6.83. The number of piperidine rings is 1. The van der Waals surface area contributed by atoms with Crippen LogP contribution in [-0.4, -0.2) is 42.4 Å². The van der Waals surface area contributed by atoms with E-state index in [0.29, 0.717) is 36.6 Å². The van der Waals surface area contributed by atoms with Gasteiger partial charge in [-0.15, -0.1) is 0 Å². The molecule has 0 saturated carbocycles. The van der Waals surface area contributed by atoms with Gasteiger partial charge in [-0.3, -0.25) is 9.59 Å². The Morgan fingerprint density at radius 2 is 1.85 bits per heavy atom. The van der Waals surface area contributed by atoms with E-state index in [1.165, 1.54) is 19.1 Å². The molecule has 1 saturated heterocycles. The number of anilines is 2. The average Bonchev–Trinajstić information content (AvgIpc) is 3.20. The summed E-state index contributed by atoms with van der Waals surface area (Å²) in [6.45, 7) is 3.44. The highest BCUT2D eigenvalue weighted by molar-refractivity contribution is 6.34. The van der Waals surface area contributed by atoms with Crippen LogP contribution in [0.3, 0.4) is 0 Å². The lowest BCUT2D eigenvalue weighted by atomic mass is 10.0. The molecule has 1 fully saturated rings. The van der Waals surface area contributed by atoms with Crippen LogP contribution < -0.4 is 10.2 Å². The van der Waals surface area contributed by atoms with Gasteiger partial charge < -0.3 is 15.1 Å². The van der Waals surface area contributed by atoms with Crippen LogP contribution in [0.1, 0.15) is 42.9 Å². The standard InChI is InChI=1S/C25H27ClF3N3O2/c1-16(33)32-11-3-2-4-22(32)24(34)30-20-14-18-10-13-31(23(18)21(26)15-20)12-9-17-5-7-19(8-6-17)25(27,28)29/h5-8,14-15,22H,2-4,9-13H2,1H3,(H,30,34). The second kappa shape index (κ2) is 9.86. The van der Waals surface area contributed by atoms with Crippen molar-refractivity contribution in [2.45, 2.75) is 51.2 Å². The number of nitrogens with one attached hydrogen (secondary N) is 1. The van der Waals surface area contributed by atoms with Gasteiger partial charge in [0, 0.05) is 32.2 Å². The van der Waals surface area contributed by atoms with Crippen LogP contribution in [0.2, 0.25) is 5.02 Å². The van der Waals surface area contributed by atoms with E-state index < -0.39 is 17.8 Å². The summed E-state index contributed by atoms with van der Waals surface area (Å²) in [7, 11) is 0. The van der Waals surface area contributed by atoms with Crippen molar-refractivity contribution in [2.75, 3.05) is 29.9 Å². The van der Waals surface area contributed by atoms with Crippen LogP contribution in [-0.2, 0) is 28.6 Å². The molecule has 2 heterocycles. The van der Waals surface area contributed by atoms with E-state index in [1.807, 2.05) is 6.07 Å². The van der Waals surface area contributed by atoms with Gasteiger partial charge in [0.25, 0.3) is 0 Å². The first-order valence-electron chi connectivity index (χ1n) is 11.4. The van der Waals surface area contributed by atoms with Crippen molar-refractivity contribution in [1.29, 1.82) is 0 Å². The Balaban J connectivity index is 1.41. The summed E-state index contributed by atoms with van der Waals surface area (Å²) >= 11 is 6.59. The lowest BCUT2D eigenvalue weighted by molar-refractivity contribution is -0.138. The number of fused-ring (bicyclic) bond motifs is 1. The molecule has 34 heavy (non-hydrogen) atoms. The molecule has 0 radical (unpaired) electrons. The van der Waals surface area contributed by atoms with Gasteiger partial charge in [0.1, 0.15) is 6.04 Å². The topological polar surface area (TPSA) is 52.7 Å². The van der Waals surface area contributed by atoms with Crippen molar-refractivity contribution in [3.63, 3.8) is 0 Å². The van der Waals surface area contributed by atoms with Crippen LogP contribution in [0.5, 0.6) is 0 Å².